The summed E-state index contributed by atoms with van der Waals surface area (Å²) in [6.07, 6.45) is -32.0. The molecule has 36 nitrogen and oxygen atoms in total. The Morgan fingerprint density at radius 3 is 1.35 bits per heavy atom. The fraction of sp³-hybridized carbons (Fsp3) is 0.794. The van der Waals surface area contributed by atoms with Gasteiger partial charge in [-0.1, -0.05) is 44.4 Å². The number of nitrogens with one attached hydrogen (secondary N) is 5. The lowest BCUT2D eigenvalue weighted by atomic mass is 9.93. The minimum absolute atomic E-state index is 0.0482. The maximum atomic E-state index is 14.0. The van der Waals surface area contributed by atoms with E-state index >= 15 is 0 Å². The summed E-state index contributed by atoms with van der Waals surface area (Å²) in [4.78, 5) is 65.1. The van der Waals surface area contributed by atoms with Crippen molar-refractivity contribution < 1.29 is 152 Å². The molecule has 6 fully saturated rings. The second kappa shape index (κ2) is 38.6. The fourth-order valence-electron chi connectivity index (χ4n) is 12.7. The van der Waals surface area contributed by atoms with Gasteiger partial charge in [0, 0.05) is 40.4 Å². The van der Waals surface area contributed by atoms with Crippen LogP contribution in [0, 0.1) is 0 Å². The Kier molecular flexibility index (Phi) is 31.7. The number of unbranched alkanes of at least 4 members (excludes halogenated alkanes) is 5. The third kappa shape index (κ3) is 20.9. The van der Waals surface area contributed by atoms with Gasteiger partial charge in [0.05, 0.1) is 45.7 Å². The van der Waals surface area contributed by atoms with Crippen molar-refractivity contribution >= 4 is 29.5 Å². The highest BCUT2D eigenvalue weighted by molar-refractivity contribution is 5.94. The lowest BCUT2D eigenvalue weighted by Gasteiger charge is -2.51. The Hall–Kier alpha value is -4.89. The van der Waals surface area contributed by atoms with Gasteiger partial charge in [-0.3, -0.25) is 24.0 Å². The van der Waals surface area contributed by atoms with E-state index in [1.807, 2.05) is 0 Å². The normalized spacial score (nSPS) is 39.6. The summed E-state index contributed by atoms with van der Waals surface area (Å²) in [6, 6.07) is -2.45. The number of ether oxygens (including phenoxy) is 13. The van der Waals surface area contributed by atoms with E-state index in [1.54, 1.807) is 12.1 Å². The highest BCUT2D eigenvalue weighted by Crippen LogP contribution is 2.37. The molecule has 36 heteroatoms. The van der Waals surface area contributed by atoms with Gasteiger partial charge >= 0.3 is 0 Å². The van der Waals surface area contributed by atoms with Gasteiger partial charge in [-0.25, -0.2) is 0 Å². The zero-order chi connectivity index (χ0) is 72.5. The summed E-state index contributed by atoms with van der Waals surface area (Å²) in [5.41, 5.74) is 0.0482. The summed E-state index contributed by atoms with van der Waals surface area (Å²) in [5, 5.41) is 158. The van der Waals surface area contributed by atoms with E-state index in [0.717, 1.165) is 53.4 Å². The van der Waals surface area contributed by atoms with Crippen LogP contribution >= 0.6 is 0 Å². The second-order valence-corrected chi connectivity index (χ2v) is 25.3. The highest BCUT2D eigenvalue weighted by atomic mass is 16.8. The van der Waals surface area contributed by atoms with Gasteiger partial charge in [-0.05, 0) is 50.8 Å². The average Bonchev–Trinajstić information content (AvgIpc) is 0.771. The first kappa shape index (κ1) is 81.4. The zero-order valence-corrected chi connectivity index (χ0v) is 56.1. The van der Waals surface area contributed by atoms with E-state index in [0.29, 0.717) is 18.8 Å². The number of methoxy groups -OCH3 is 1. The molecule has 0 aromatic heterocycles. The third-order valence-electron chi connectivity index (χ3n) is 17.8. The summed E-state index contributed by atoms with van der Waals surface area (Å²) >= 11 is 0. The molecule has 6 aliphatic heterocycles. The summed E-state index contributed by atoms with van der Waals surface area (Å²) in [5.74, 6) is -3.67. The van der Waals surface area contributed by atoms with Crippen LogP contribution < -0.4 is 31.3 Å². The van der Waals surface area contributed by atoms with Crippen molar-refractivity contribution in [3.05, 3.63) is 42.0 Å². The predicted octanol–water partition coefficient (Wildman–Crippen LogP) is -6.72. The van der Waals surface area contributed by atoms with E-state index in [4.69, 9.17) is 61.6 Å². The molecule has 30 atom stereocenters. The Bertz CT molecular complexity index is 2730. The quantitative estimate of drug-likeness (QED) is 0.0235. The lowest BCUT2D eigenvalue weighted by molar-refractivity contribution is -0.368. The molecule has 564 valence electrons. The van der Waals surface area contributed by atoms with Crippen LogP contribution in [-0.2, 0) is 76.0 Å². The van der Waals surface area contributed by atoms with Gasteiger partial charge in [0.1, 0.15) is 146 Å². The van der Waals surface area contributed by atoms with E-state index in [1.165, 1.54) is 39.0 Å². The standard InChI is InChI=1S/C63H101N5O31/c1-8-9-10-11-12-13-14-15-16-20-88-33-19-17-18-32(21-33)57(85)68-40-46(79)45(78)34(22-69)92-59(40)96-52-35(23-70)93-60(41(48(52)81)65-29(4)74)97-53-36(24-71)94-61(42(49(53)82)66-30(5)75)98-54-37(25-72)95-62(43(50(54)83)67-31(6)76)99-55-38(91-58(86)39(47(55)80)64-28(3)73)26-89-63-56(87-7)51(84)44(77)27(2)90-63/h13-14,17-19,21,27,34-56,58-63,69-72,77-84,86H,8-12,15-16,20,22-26H2,1-7H3,(H,64,73)(H,65,74)(H,66,75)(H,67,76)(H,68,85)/t27?,34?,35-,36?,37-,38?,39-,40-,41?,42-,43?,44?,45+,46+,47+,48?,49?,50?,51-,52+,53+,54+,55?,56+,58+,59?,60?,61-,62?,63+/m0/s1. The van der Waals surface area contributed by atoms with Crippen molar-refractivity contribution in [1.29, 1.82) is 0 Å². The van der Waals surface area contributed by atoms with E-state index in [2.05, 4.69) is 45.7 Å². The van der Waals surface area contributed by atoms with Crippen molar-refractivity contribution in [3.63, 3.8) is 0 Å². The van der Waals surface area contributed by atoms with E-state index < -0.39 is 246 Å². The number of carbonyl (C=O) groups excluding carboxylic acids is 5. The average molecular weight is 1420 g/mol. The maximum Gasteiger partial charge on any atom is 0.251 e. The van der Waals surface area contributed by atoms with Crippen molar-refractivity contribution in [2.75, 3.05) is 46.8 Å². The lowest BCUT2D eigenvalue weighted by Crippen LogP contribution is -2.72. The van der Waals surface area contributed by atoms with E-state index in [-0.39, 0.29) is 5.56 Å². The molecule has 6 saturated heterocycles. The zero-order valence-electron chi connectivity index (χ0n) is 56.1. The molecule has 18 N–H and O–H groups in total. The van der Waals surface area contributed by atoms with E-state index in [9.17, 15) is 90.4 Å². The first-order chi connectivity index (χ1) is 47.2. The van der Waals surface area contributed by atoms with Crippen LogP contribution in [0.4, 0.5) is 0 Å². The van der Waals surface area contributed by atoms with Crippen LogP contribution in [0.15, 0.2) is 36.4 Å². The van der Waals surface area contributed by atoms with Gasteiger partial charge in [0.15, 0.2) is 37.7 Å². The fourth-order valence-corrected chi connectivity index (χ4v) is 12.7. The maximum absolute atomic E-state index is 14.0. The number of amides is 5. The monoisotopic (exact) mass is 1420 g/mol. The smallest absolute Gasteiger partial charge is 0.251 e. The predicted molar refractivity (Wildman–Crippen MR) is 333 cm³/mol. The summed E-state index contributed by atoms with van der Waals surface area (Å²) in [6.45, 7) is 3.52. The Balaban J connectivity index is 1.07. The number of aliphatic hydroxyl groups excluding tert-OH is 13. The molecular weight excluding hydrogens is 1320 g/mol. The number of benzene rings is 1. The molecule has 1 aromatic rings. The largest absolute Gasteiger partial charge is 0.494 e. The van der Waals surface area contributed by atoms with Crippen molar-refractivity contribution in [2.45, 2.75) is 270 Å². The van der Waals surface area contributed by atoms with Crippen LogP contribution in [0.2, 0.25) is 0 Å². The number of hydrogen-bond acceptors (Lipinski definition) is 31. The minimum atomic E-state index is -2.07. The van der Waals surface area contributed by atoms with Crippen LogP contribution in [-0.4, -0.2) is 327 Å². The Morgan fingerprint density at radius 1 is 0.465 bits per heavy atom. The minimum Gasteiger partial charge on any atom is -0.494 e. The molecular formula is C63H101N5O31. The van der Waals surface area contributed by atoms with Crippen molar-refractivity contribution in [1.82, 2.24) is 26.6 Å². The topological polar surface area (TPSA) is 528 Å². The molecule has 0 saturated carbocycles. The molecule has 5 amide bonds. The molecule has 6 aliphatic rings. The van der Waals surface area contributed by atoms with Gasteiger partial charge in [-0.15, -0.1) is 0 Å². The third-order valence-corrected chi connectivity index (χ3v) is 17.8. The molecule has 0 radical (unpaired) electrons. The number of allylic oxidation sites excluding steroid dienone is 2. The number of carbonyl (C=O) groups is 5. The van der Waals surface area contributed by atoms with Gasteiger partial charge in [0.25, 0.3) is 5.91 Å². The summed E-state index contributed by atoms with van der Waals surface area (Å²) in [7, 11) is 1.21. The molecule has 0 spiro atoms. The number of hydrogen-bond donors (Lipinski definition) is 18. The molecule has 6 heterocycles. The van der Waals surface area contributed by atoms with Crippen LogP contribution in [0.5, 0.6) is 5.75 Å². The SMILES string of the molecule is CCCCCCC=CCCCOc1cccc(C(=O)N[C@@H]2C(O[C@H]3C(O)C(NC(C)=O)C(O[C@@H]4C(CO)O[C@@H](O[C@H]5C(O)C(NC(C)=O)C(OC6C(CO[C@@H]7OC(C)C(O)[C@H](O)[C@H]7OC)O[C@@H](O)[C@@H](NC(C)=O)[C@H]6O)O[C@H]5CO)[C@@H](NC(C)=O)C4O)O[C@H]3CO)OC(CO)[C@@H](O)[C@@H]2O)c1. The second-order valence-electron chi connectivity index (χ2n) is 25.3. The van der Waals surface area contributed by atoms with Gasteiger partial charge in [-0.2, -0.15) is 0 Å². The molecule has 0 aliphatic carbocycles. The van der Waals surface area contributed by atoms with Crippen molar-refractivity contribution in [3.8, 4) is 5.75 Å². The van der Waals surface area contributed by atoms with Crippen LogP contribution in [0.3, 0.4) is 0 Å². The van der Waals surface area contributed by atoms with Crippen LogP contribution in [0.25, 0.3) is 0 Å². The van der Waals surface area contributed by atoms with Crippen LogP contribution in [0.1, 0.15) is 96.8 Å². The van der Waals surface area contributed by atoms with Crippen molar-refractivity contribution in [2.24, 2.45) is 0 Å². The number of aliphatic hydroxyl groups is 13. The van der Waals surface area contributed by atoms with Gasteiger partial charge < -0.3 is 155 Å². The molecule has 7 rings (SSSR count). The Labute approximate surface area is 571 Å². The number of rotatable bonds is 32. The molecule has 1 aromatic carbocycles. The summed E-state index contributed by atoms with van der Waals surface area (Å²) < 4.78 is 77.9. The molecule has 99 heavy (non-hydrogen) atoms. The Morgan fingerprint density at radius 2 is 0.899 bits per heavy atom. The molecule has 14 unspecified atom stereocenters. The first-order valence-electron chi connectivity index (χ1n) is 33.2. The highest BCUT2D eigenvalue weighted by Gasteiger charge is 2.58. The van der Waals surface area contributed by atoms with Gasteiger partial charge in [0.2, 0.25) is 23.6 Å². The molecule has 0 bridgehead atoms. The first-order valence-corrected chi connectivity index (χ1v) is 33.2.